The number of benzene rings is 1. The van der Waals surface area contributed by atoms with Crippen molar-refractivity contribution in [3.8, 4) is 0 Å². The Bertz CT molecular complexity index is 659. The van der Waals surface area contributed by atoms with Crippen LogP contribution in [0.5, 0.6) is 0 Å². The van der Waals surface area contributed by atoms with Crippen molar-refractivity contribution in [3.63, 3.8) is 0 Å². The summed E-state index contributed by atoms with van der Waals surface area (Å²) in [7, 11) is 0. The van der Waals surface area contributed by atoms with E-state index in [4.69, 9.17) is 0 Å². The van der Waals surface area contributed by atoms with Crippen LogP contribution in [0.15, 0.2) is 24.3 Å². The zero-order valence-electron chi connectivity index (χ0n) is 13.3. The summed E-state index contributed by atoms with van der Waals surface area (Å²) in [4.78, 5) is 12.4. The molecule has 1 heterocycles. The quantitative estimate of drug-likeness (QED) is 0.629. The molecule has 27 heavy (non-hydrogen) atoms. The van der Waals surface area contributed by atoms with Gasteiger partial charge in [0.1, 0.15) is 0 Å². The van der Waals surface area contributed by atoms with E-state index >= 15 is 0 Å². The highest BCUT2D eigenvalue weighted by Crippen LogP contribution is 2.41. The molecule has 0 aromatic heterocycles. The first-order valence-electron chi connectivity index (χ1n) is 7.54. The molecule has 2 atom stereocenters. The summed E-state index contributed by atoms with van der Waals surface area (Å²) in [6.45, 7) is -2.03. The van der Waals surface area contributed by atoms with Gasteiger partial charge in [-0.25, -0.2) is 4.79 Å². The van der Waals surface area contributed by atoms with Crippen LogP contribution in [0.2, 0.25) is 0 Å². The van der Waals surface area contributed by atoms with Gasteiger partial charge in [0.2, 0.25) is 0 Å². The van der Waals surface area contributed by atoms with Crippen LogP contribution in [-0.2, 0) is 6.18 Å². The average molecular weight is 408 g/mol. The summed E-state index contributed by atoms with van der Waals surface area (Å²) < 4.78 is 115. The standard InChI is InChI=1S/C15H13F9N2O/c16-13(17,18)8-2-1-3-11(5-8)25-12(27)26-6-9(14(19,20)21)4-10(7-26)15(22,23)24/h1-3,5,9-10H,4,6-7H2,(H,25,27). The van der Waals surface area contributed by atoms with Crippen LogP contribution < -0.4 is 5.32 Å². The Hall–Kier alpha value is -2.14. The molecule has 0 bridgehead atoms. The molecule has 1 aliphatic rings. The van der Waals surface area contributed by atoms with E-state index in [0.29, 0.717) is 17.0 Å². The fraction of sp³-hybridized carbons (Fsp3) is 0.533. The van der Waals surface area contributed by atoms with E-state index in [1.807, 2.05) is 5.32 Å². The van der Waals surface area contributed by atoms with E-state index < -0.39 is 67.2 Å². The second kappa shape index (κ2) is 7.12. The third-order valence-corrected chi connectivity index (χ3v) is 4.10. The zero-order chi connectivity index (χ0) is 20.6. The van der Waals surface area contributed by atoms with E-state index in [1.165, 1.54) is 0 Å². The molecule has 0 aliphatic carbocycles. The summed E-state index contributed by atoms with van der Waals surface area (Å²) >= 11 is 0. The highest BCUT2D eigenvalue weighted by Gasteiger charge is 2.52. The summed E-state index contributed by atoms with van der Waals surface area (Å²) in [6.07, 6.45) is -15.8. The molecule has 2 rings (SSSR count). The fourth-order valence-electron chi connectivity index (χ4n) is 2.72. The minimum absolute atomic E-state index is 0.320. The highest BCUT2D eigenvalue weighted by molar-refractivity contribution is 5.89. The Balaban J connectivity index is 2.19. The Morgan fingerprint density at radius 3 is 1.89 bits per heavy atom. The lowest BCUT2D eigenvalue weighted by atomic mass is 9.88. The van der Waals surface area contributed by atoms with Gasteiger partial charge in [0.15, 0.2) is 0 Å². The molecular formula is C15H13F9N2O. The maximum atomic E-state index is 12.9. The SMILES string of the molecule is O=C(Nc1cccc(C(F)(F)F)c1)N1CC(C(F)(F)F)CC(C(F)(F)F)C1. The summed E-state index contributed by atoms with van der Waals surface area (Å²) in [5, 5.41) is 1.92. The number of anilines is 1. The first-order chi connectivity index (χ1) is 12.2. The largest absolute Gasteiger partial charge is 0.416 e. The second-order valence-corrected chi connectivity index (χ2v) is 6.13. The van der Waals surface area contributed by atoms with E-state index in [2.05, 4.69) is 0 Å². The Labute approximate surface area is 147 Å². The summed E-state index contributed by atoms with van der Waals surface area (Å²) in [5.74, 6) is -4.77. The minimum Gasteiger partial charge on any atom is -0.323 e. The molecule has 2 unspecified atom stereocenters. The molecule has 1 aromatic carbocycles. The number of nitrogens with one attached hydrogen (secondary N) is 1. The van der Waals surface area contributed by atoms with Crippen LogP contribution in [0.3, 0.4) is 0 Å². The fourth-order valence-corrected chi connectivity index (χ4v) is 2.72. The molecule has 2 amide bonds. The molecule has 1 aromatic rings. The molecule has 0 radical (unpaired) electrons. The van der Waals surface area contributed by atoms with Gasteiger partial charge in [-0.15, -0.1) is 0 Å². The third-order valence-electron chi connectivity index (χ3n) is 4.10. The molecular weight excluding hydrogens is 395 g/mol. The molecule has 3 nitrogen and oxygen atoms in total. The van der Waals surface area contributed by atoms with Crippen LogP contribution >= 0.6 is 0 Å². The van der Waals surface area contributed by atoms with Crippen LogP contribution in [0.25, 0.3) is 0 Å². The number of carbonyl (C=O) groups excluding carboxylic acids is 1. The topological polar surface area (TPSA) is 32.3 Å². The van der Waals surface area contributed by atoms with Gasteiger partial charge in [-0.2, -0.15) is 39.5 Å². The average Bonchev–Trinajstić information content (AvgIpc) is 2.52. The van der Waals surface area contributed by atoms with Crippen LogP contribution in [0.4, 0.5) is 50.0 Å². The van der Waals surface area contributed by atoms with Crippen LogP contribution in [0, 0.1) is 11.8 Å². The number of rotatable bonds is 1. The maximum absolute atomic E-state index is 12.9. The van der Waals surface area contributed by atoms with Gasteiger partial charge >= 0.3 is 24.6 Å². The van der Waals surface area contributed by atoms with E-state index in [0.717, 1.165) is 12.1 Å². The number of halogens is 9. The van der Waals surface area contributed by atoms with Gasteiger partial charge in [-0.05, 0) is 24.6 Å². The lowest BCUT2D eigenvalue weighted by molar-refractivity contribution is -0.226. The number of urea groups is 1. The Kier molecular flexibility index (Phi) is 5.58. The van der Waals surface area contributed by atoms with E-state index in [1.54, 1.807) is 0 Å². The molecule has 1 N–H and O–H groups in total. The Morgan fingerprint density at radius 2 is 1.44 bits per heavy atom. The van der Waals surface area contributed by atoms with Crippen molar-refractivity contribution in [1.29, 1.82) is 0 Å². The second-order valence-electron chi connectivity index (χ2n) is 6.13. The first-order valence-corrected chi connectivity index (χ1v) is 7.54. The van der Waals surface area contributed by atoms with Gasteiger partial charge in [0, 0.05) is 18.8 Å². The first kappa shape index (κ1) is 21.2. The summed E-state index contributed by atoms with van der Waals surface area (Å²) in [5.41, 5.74) is -1.52. The molecule has 152 valence electrons. The number of hydrogen-bond donors (Lipinski definition) is 1. The van der Waals surface area contributed by atoms with Crippen molar-refractivity contribution < 1.29 is 44.3 Å². The normalized spacial score (nSPS) is 21.9. The van der Waals surface area contributed by atoms with Crippen LogP contribution in [0.1, 0.15) is 12.0 Å². The number of piperidine rings is 1. The van der Waals surface area contributed by atoms with Crippen LogP contribution in [-0.4, -0.2) is 36.4 Å². The number of hydrogen-bond acceptors (Lipinski definition) is 1. The van der Waals surface area contributed by atoms with Crippen molar-refractivity contribution in [1.82, 2.24) is 4.90 Å². The number of nitrogens with zero attached hydrogens (tertiary/aromatic N) is 1. The molecule has 1 aliphatic heterocycles. The van der Waals surface area contributed by atoms with Gasteiger partial charge in [-0.3, -0.25) is 0 Å². The van der Waals surface area contributed by atoms with Gasteiger partial charge in [0.25, 0.3) is 0 Å². The van der Waals surface area contributed by atoms with Gasteiger partial charge in [0.05, 0.1) is 17.4 Å². The van der Waals surface area contributed by atoms with E-state index in [9.17, 15) is 44.3 Å². The minimum atomic E-state index is -4.95. The van der Waals surface area contributed by atoms with Gasteiger partial charge < -0.3 is 10.2 Å². The number of likely N-dealkylation sites (tertiary alicyclic amines) is 1. The summed E-state index contributed by atoms with van der Waals surface area (Å²) in [6, 6.07) is 1.89. The maximum Gasteiger partial charge on any atom is 0.416 e. The molecule has 0 saturated carbocycles. The molecule has 1 fully saturated rings. The lowest BCUT2D eigenvalue weighted by Crippen LogP contribution is -2.52. The third kappa shape index (κ3) is 5.42. The monoisotopic (exact) mass is 408 g/mol. The van der Waals surface area contributed by atoms with Crippen molar-refractivity contribution in [2.24, 2.45) is 11.8 Å². The van der Waals surface area contributed by atoms with Gasteiger partial charge in [-0.1, -0.05) is 6.07 Å². The molecule has 0 spiro atoms. The highest BCUT2D eigenvalue weighted by atomic mass is 19.4. The van der Waals surface area contributed by atoms with Crippen molar-refractivity contribution in [2.45, 2.75) is 24.9 Å². The zero-order valence-corrected chi connectivity index (χ0v) is 13.3. The predicted molar refractivity (Wildman–Crippen MR) is 75.7 cm³/mol. The Morgan fingerprint density at radius 1 is 0.926 bits per heavy atom. The van der Waals surface area contributed by atoms with Crippen molar-refractivity contribution in [2.75, 3.05) is 18.4 Å². The van der Waals surface area contributed by atoms with E-state index in [-0.39, 0.29) is 0 Å². The molecule has 12 heteroatoms. The smallest absolute Gasteiger partial charge is 0.323 e. The number of alkyl halides is 9. The number of amides is 2. The van der Waals surface area contributed by atoms with Crippen molar-refractivity contribution in [3.05, 3.63) is 29.8 Å². The van der Waals surface area contributed by atoms with Crippen molar-refractivity contribution >= 4 is 11.7 Å². The predicted octanol–water partition coefficient (Wildman–Crippen LogP) is 5.30. The molecule has 1 saturated heterocycles. The lowest BCUT2D eigenvalue weighted by Gasteiger charge is -2.39. The number of carbonyl (C=O) groups is 1.